The van der Waals surface area contributed by atoms with Crippen molar-refractivity contribution in [2.45, 2.75) is 5.16 Å². The Morgan fingerprint density at radius 3 is 2.94 bits per heavy atom. The van der Waals surface area contributed by atoms with E-state index in [1.165, 1.54) is 0 Å². The molecule has 0 spiro atoms. The van der Waals surface area contributed by atoms with Gasteiger partial charge in [-0.3, -0.25) is 9.89 Å². The van der Waals surface area contributed by atoms with Crippen LogP contribution in [0.15, 0.2) is 29.4 Å². The van der Waals surface area contributed by atoms with Gasteiger partial charge in [-0.15, -0.1) is 5.10 Å². The predicted molar refractivity (Wildman–Crippen MR) is 65.2 cm³/mol. The van der Waals surface area contributed by atoms with E-state index in [4.69, 9.17) is 16.7 Å². The van der Waals surface area contributed by atoms with Crippen molar-refractivity contribution in [1.82, 2.24) is 15.2 Å². The number of nitrogens with one attached hydrogen (secondary N) is 1. The summed E-state index contributed by atoms with van der Waals surface area (Å²) in [7, 11) is 0. The smallest absolute Gasteiger partial charge is 0.313 e. The molecule has 0 unspecified atom stereocenters. The largest absolute Gasteiger partial charge is 0.481 e. The van der Waals surface area contributed by atoms with Crippen LogP contribution in [0.1, 0.15) is 0 Å². The summed E-state index contributed by atoms with van der Waals surface area (Å²) in [5.74, 6) is -0.442. The summed E-state index contributed by atoms with van der Waals surface area (Å²) in [6.07, 6.45) is 0. The van der Waals surface area contributed by atoms with Gasteiger partial charge in [-0.1, -0.05) is 35.5 Å². The number of aliphatic carboxylic acids is 1. The molecule has 2 rings (SSSR count). The molecule has 0 amide bonds. The maximum Gasteiger partial charge on any atom is 0.313 e. The number of carboxylic acids is 1. The highest BCUT2D eigenvalue weighted by Crippen LogP contribution is 2.25. The number of carbonyl (C=O) groups is 1. The first-order valence-corrected chi connectivity index (χ1v) is 6.05. The topological polar surface area (TPSA) is 78.9 Å². The number of H-pyrrole nitrogens is 1. The number of benzene rings is 1. The minimum absolute atomic E-state index is 0.0696. The Morgan fingerprint density at radius 1 is 1.47 bits per heavy atom. The summed E-state index contributed by atoms with van der Waals surface area (Å²) < 4.78 is 0. The van der Waals surface area contributed by atoms with Crippen molar-refractivity contribution in [3.8, 4) is 11.4 Å². The van der Waals surface area contributed by atoms with Gasteiger partial charge in [-0.2, -0.15) is 0 Å². The Bertz CT molecular complexity index is 544. The molecule has 5 nitrogen and oxygen atoms in total. The summed E-state index contributed by atoms with van der Waals surface area (Å²) in [5, 5.41) is 16.1. The van der Waals surface area contributed by atoms with Gasteiger partial charge in [0.05, 0.1) is 10.8 Å². The van der Waals surface area contributed by atoms with Crippen LogP contribution in [0.25, 0.3) is 11.4 Å². The number of thioether (sulfide) groups is 1. The van der Waals surface area contributed by atoms with E-state index in [9.17, 15) is 4.79 Å². The number of nitrogens with zero attached hydrogens (tertiary/aromatic N) is 2. The van der Waals surface area contributed by atoms with Crippen LogP contribution in [-0.2, 0) is 4.79 Å². The normalized spacial score (nSPS) is 10.4. The molecule has 1 aromatic carbocycles. The fraction of sp³-hybridized carbons (Fsp3) is 0.100. The van der Waals surface area contributed by atoms with Gasteiger partial charge >= 0.3 is 5.97 Å². The standard InChI is InChI=1S/C10H8ClN3O2S/c11-7-4-2-1-3-6(7)9-12-10(14-13-9)17-5-8(15)16/h1-4H,5H2,(H,15,16)(H,12,13,14). The fourth-order valence-corrected chi connectivity index (χ4v) is 1.95. The molecule has 0 aliphatic carbocycles. The third-order valence-corrected chi connectivity index (χ3v) is 3.08. The van der Waals surface area contributed by atoms with Crippen LogP contribution in [0.2, 0.25) is 5.02 Å². The number of aromatic amines is 1. The highest BCUT2D eigenvalue weighted by molar-refractivity contribution is 7.99. The molecule has 2 aromatic rings. The zero-order valence-electron chi connectivity index (χ0n) is 8.55. The molecule has 7 heteroatoms. The zero-order valence-corrected chi connectivity index (χ0v) is 10.1. The summed E-state index contributed by atoms with van der Waals surface area (Å²) in [6.45, 7) is 0. The van der Waals surface area contributed by atoms with Gasteiger partial charge < -0.3 is 5.11 Å². The maximum atomic E-state index is 10.4. The summed E-state index contributed by atoms with van der Waals surface area (Å²) in [5.41, 5.74) is 0.740. The van der Waals surface area contributed by atoms with Gasteiger partial charge in [-0.05, 0) is 12.1 Å². The van der Waals surface area contributed by atoms with E-state index in [1.807, 2.05) is 18.2 Å². The van der Waals surface area contributed by atoms with E-state index in [0.717, 1.165) is 17.3 Å². The van der Waals surface area contributed by atoms with Crippen molar-refractivity contribution in [2.75, 3.05) is 5.75 Å². The second-order valence-corrected chi connectivity index (χ2v) is 4.48. The van der Waals surface area contributed by atoms with E-state index in [-0.39, 0.29) is 5.75 Å². The molecule has 17 heavy (non-hydrogen) atoms. The molecule has 0 aliphatic heterocycles. The van der Waals surface area contributed by atoms with Crippen molar-refractivity contribution in [3.63, 3.8) is 0 Å². The van der Waals surface area contributed by atoms with Crippen LogP contribution in [-0.4, -0.2) is 32.0 Å². The summed E-state index contributed by atoms with van der Waals surface area (Å²) in [6, 6.07) is 7.23. The van der Waals surface area contributed by atoms with Crippen LogP contribution in [0.3, 0.4) is 0 Å². The average Bonchev–Trinajstić information content (AvgIpc) is 2.75. The van der Waals surface area contributed by atoms with Gasteiger partial charge in [0, 0.05) is 5.56 Å². The fourth-order valence-electron chi connectivity index (χ4n) is 1.21. The lowest BCUT2D eigenvalue weighted by Gasteiger charge is -1.97. The maximum absolute atomic E-state index is 10.4. The number of rotatable bonds is 4. The SMILES string of the molecule is O=C(O)CSc1n[nH]c(-c2ccccc2Cl)n1. The second kappa shape index (κ2) is 5.20. The lowest BCUT2D eigenvalue weighted by atomic mass is 10.2. The van der Waals surface area contributed by atoms with Gasteiger partial charge in [-0.25, -0.2) is 4.98 Å². The number of carboxylic acid groups (broad SMARTS) is 1. The minimum Gasteiger partial charge on any atom is -0.481 e. The molecule has 0 aliphatic rings. The third kappa shape index (κ3) is 2.98. The van der Waals surface area contributed by atoms with Gasteiger partial charge in [0.2, 0.25) is 5.16 Å². The number of hydrogen-bond acceptors (Lipinski definition) is 4. The molecule has 0 radical (unpaired) electrons. The van der Waals surface area contributed by atoms with E-state index in [2.05, 4.69) is 15.2 Å². The molecular formula is C10H8ClN3O2S. The van der Waals surface area contributed by atoms with E-state index < -0.39 is 5.97 Å². The van der Waals surface area contributed by atoms with E-state index in [1.54, 1.807) is 6.07 Å². The number of halogens is 1. The Labute approximate surface area is 106 Å². The van der Waals surface area contributed by atoms with Crippen LogP contribution < -0.4 is 0 Å². The third-order valence-electron chi connectivity index (χ3n) is 1.92. The van der Waals surface area contributed by atoms with E-state index >= 15 is 0 Å². The van der Waals surface area contributed by atoms with Crippen molar-refractivity contribution in [1.29, 1.82) is 0 Å². The molecule has 0 bridgehead atoms. The molecule has 0 saturated heterocycles. The van der Waals surface area contributed by atoms with Crippen molar-refractivity contribution >= 4 is 29.3 Å². The summed E-state index contributed by atoms with van der Waals surface area (Å²) >= 11 is 7.06. The zero-order chi connectivity index (χ0) is 12.3. The average molecular weight is 270 g/mol. The number of aromatic nitrogens is 3. The first-order chi connectivity index (χ1) is 8.16. The first-order valence-electron chi connectivity index (χ1n) is 4.68. The van der Waals surface area contributed by atoms with Gasteiger partial charge in [0.15, 0.2) is 5.82 Å². The molecule has 1 aromatic heterocycles. The Morgan fingerprint density at radius 2 is 2.24 bits per heavy atom. The minimum atomic E-state index is -0.904. The lowest BCUT2D eigenvalue weighted by molar-refractivity contribution is -0.133. The second-order valence-electron chi connectivity index (χ2n) is 3.13. The molecule has 1 heterocycles. The quantitative estimate of drug-likeness (QED) is 0.833. The molecule has 0 fully saturated rings. The highest BCUT2D eigenvalue weighted by Gasteiger charge is 2.10. The van der Waals surface area contributed by atoms with Crippen LogP contribution in [0.5, 0.6) is 0 Å². The predicted octanol–water partition coefficient (Wildman–Crippen LogP) is 2.30. The monoisotopic (exact) mass is 269 g/mol. The Kier molecular flexibility index (Phi) is 3.65. The van der Waals surface area contributed by atoms with Gasteiger partial charge in [0.25, 0.3) is 0 Å². The van der Waals surface area contributed by atoms with Gasteiger partial charge in [0.1, 0.15) is 0 Å². The lowest BCUT2D eigenvalue weighted by Crippen LogP contribution is -1.97. The number of hydrogen-bond donors (Lipinski definition) is 2. The first kappa shape index (κ1) is 11.9. The van der Waals surface area contributed by atoms with Crippen molar-refractivity contribution in [3.05, 3.63) is 29.3 Å². The Balaban J connectivity index is 2.18. The van der Waals surface area contributed by atoms with Crippen LogP contribution >= 0.6 is 23.4 Å². The molecule has 2 N–H and O–H groups in total. The molecule has 0 atom stereocenters. The molecule has 88 valence electrons. The van der Waals surface area contributed by atoms with Crippen LogP contribution in [0, 0.1) is 0 Å². The van der Waals surface area contributed by atoms with E-state index in [0.29, 0.717) is 16.0 Å². The highest BCUT2D eigenvalue weighted by atomic mass is 35.5. The molecule has 0 saturated carbocycles. The Hall–Kier alpha value is -1.53. The van der Waals surface area contributed by atoms with Crippen molar-refractivity contribution in [2.24, 2.45) is 0 Å². The van der Waals surface area contributed by atoms with Crippen LogP contribution in [0.4, 0.5) is 0 Å². The summed E-state index contributed by atoms with van der Waals surface area (Å²) in [4.78, 5) is 14.6. The molecular weight excluding hydrogens is 262 g/mol. The van der Waals surface area contributed by atoms with Crippen molar-refractivity contribution < 1.29 is 9.90 Å².